The SMILES string of the molecule is O=C=C([C@@H](Cc1cccc2ccccc12)C(=O)O)N1CCOCC1. The molecule has 0 saturated carbocycles. The lowest BCUT2D eigenvalue weighted by molar-refractivity contribution is -0.141. The number of rotatable bonds is 5. The topological polar surface area (TPSA) is 66.8 Å². The zero-order valence-corrected chi connectivity index (χ0v) is 13.3. The molecule has 0 amide bonds. The summed E-state index contributed by atoms with van der Waals surface area (Å²) in [7, 11) is 0. The van der Waals surface area contributed by atoms with Crippen LogP contribution in [0.5, 0.6) is 0 Å². The van der Waals surface area contributed by atoms with Gasteiger partial charge < -0.3 is 14.7 Å². The summed E-state index contributed by atoms with van der Waals surface area (Å²) in [4.78, 5) is 25.1. The molecule has 1 saturated heterocycles. The quantitative estimate of drug-likeness (QED) is 0.853. The highest BCUT2D eigenvalue weighted by molar-refractivity contribution is 5.86. The molecule has 0 bridgehead atoms. The van der Waals surface area contributed by atoms with E-state index in [9.17, 15) is 14.7 Å². The van der Waals surface area contributed by atoms with E-state index >= 15 is 0 Å². The van der Waals surface area contributed by atoms with Crippen molar-refractivity contribution in [2.24, 2.45) is 5.92 Å². The molecule has 1 fully saturated rings. The molecule has 0 unspecified atom stereocenters. The largest absolute Gasteiger partial charge is 0.481 e. The van der Waals surface area contributed by atoms with E-state index in [4.69, 9.17) is 4.74 Å². The lowest BCUT2D eigenvalue weighted by Gasteiger charge is -2.31. The lowest BCUT2D eigenvalue weighted by Crippen LogP contribution is -2.40. The van der Waals surface area contributed by atoms with Crippen molar-refractivity contribution >= 4 is 22.7 Å². The zero-order chi connectivity index (χ0) is 16.9. The number of hydrogen-bond donors (Lipinski definition) is 1. The number of fused-ring (bicyclic) bond motifs is 1. The molecule has 0 radical (unpaired) electrons. The zero-order valence-electron chi connectivity index (χ0n) is 13.3. The van der Waals surface area contributed by atoms with E-state index in [1.807, 2.05) is 48.4 Å². The van der Waals surface area contributed by atoms with Crippen LogP contribution in [0.3, 0.4) is 0 Å². The van der Waals surface area contributed by atoms with Crippen molar-refractivity contribution in [3.63, 3.8) is 0 Å². The van der Waals surface area contributed by atoms with Crippen LogP contribution in [0, 0.1) is 5.92 Å². The number of aliphatic carboxylic acids is 1. The van der Waals surface area contributed by atoms with Crippen LogP contribution in [0.4, 0.5) is 0 Å². The third-order valence-electron chi connectivity index (χ3n) is 4.39. The Morgan fingerprint density at radius 2 is 1.88 bits per heavy atom. The summed E-state index contributed by atoms with van der Waals surface area (Å²) in [5.74, 6) is -0.0397. The van der Waals surface area contributed by atoms with Crippen molar-refractivity contribution in [1.82, 2.24) is 4.90 Å². The van der Waals surface area contributed by atoms with Gasteiger partial charge in [0.1, 0.15) is 17.6 Å². The van der Waals surface area contributed by atoms with Gasteiger partial charge in [-0.3, -0.25) is 4.79 Å². The van der Waals surface area contributed by atoms with Gasteiger partial charge in [-0.25, -0.2) is 4.79 Å². The van der Waals surface area contributed by atoms with Gasteiger partial charge in [-0.15, -0.1) is 0 Å². The summed E-state index contributed by atoms with van der Waals surface area (Å²) in [6.45, 7) is 2.02. The Labute approximate surface area is 140 Å². The maximum atomic E-state index is 11.8. The smallest absolute Gasteiger partial charge is 0.313 e. The van der Waals surface area contributed by atoms with Crippen molar-refractivity contribution < 1.29 is 19.4 Å². The summed E-state index contributed by atoms with van der Waals surface area (Å²) in [5.41, 5.74) is 1.13. The number of carbonyl (C=O) groups excluding carboxylic acids is 1. The van der Waals surface area contributed by atoms with Crippen molar-refractivity contribution in [2.45, 2.75) is 6.42 Å². The number of morpholine rings is 1. The van der Waals surface area contributed by atoms with Gasteiger partial charge in [0.05, 0.1) is 13.2 Å². The second-order valence-electron chi connectivity index (χ2n) is 5.82. The number of ether oxygens (including phenoxy) is 1. The normalized spacial score (nSPS) is 15.8. The Kier molecular flexibility index (Phi) is 4.94. The van der Waals surface area contributed by atoms with Gasteiger partial charge in [-0.05, 0) is 22.8 Å². The lowest BCUT2D eigenvalue weighted by atomic mass is 9.92. The molecular weight excluding hydrogens is 306 g/mol. The van der Waals surface area contributed by atoms with Crippen LogP contribution in [-0.2, 0) is 20.7 Å². The minimum atomic E-state index is -1.01. The molecule has 3 rings (SSSR count). The van der Waals surface area contributed by atoms with Crippen LogP contribution in [-0.4, -0.2) is 48.2 Å². The molecule has 1 aliphatic heterocycles. The van der Waals surface area contributed by atoms with Crippen LogP contribution in [0.15, 0.2) is 48.2 Å². The molecule has 24 heavy (non-hydrogen) atoms. The first-order chi connectivity index (χ1) is 11.7. The highest BCUT2D eigenvalue weighted by atomic mass is 16.5. The Morgan fingerprint density at radius 3 is 2.58 bits per heavy atom. The molecule has 1 aliphatic rings. The average molecular weight is 325 g/mol. The molecule has 1 heterocycles. The van der Waals surface area contributed by atoms with E-state index in [0.29, 0.717) is 26.3 Å². The minimum Gasteiger partial charge on any atom is -0.481 e. The molecule has 124 valence electrons. The average Bonchev–Trinajstić information content (AvgIpc) is 2.62. The molecule has 2 aromatic rings. The van der Waals surface area contributed by atoms with E-state index in [-0.39, 0.29) is 12.1 Å². The second-order valence-corrected chi connectivity index (χ2v) is 5.82. The fourth-order valence-corrected chi connectivity index (χ4v) is 3.15. The van der Waals surface area contributed by atoms with Crippen molar-refractivity contribution in [3.05, 3.63) is 53.7 Å². The maximum Gasteiger partial charge on any atom is 0.313 e. The van der Waals surface area contributed by atoms with E-state index in [1.165, 1.54) is 0 Å². The summed E-state index contributed by atoms with van der Waals surface area (Å²) in [5, 5.41) is 11.8. The van der Waals surface area contributed by atoms with Gasteiger partial charge in [0.15, 0.2) is 0 Å². The van der Waals surface area contributed by atoms with E-state index in [2.05, 4.69) is 0 Å². The van der Waals surface area contributed by atoms with E-state index in [0.717, 1.165) is 16.3 Å². The van der Waals surface area contributed by atoms with Gasteiger partial charge >= 0.3 is 5.97 Å². The summed E-state index contributed by atoms with van der Waals surface area (Å²) < 4.78 is 5.28. The first-order valence-electron chi connectivity index (χ1n) is 7.98. The molecular formula is C19H19NO4. The molecule has 0 aromatic heterocycles. The summed E-state index contributed by atoms with van der Waals surface area (Å²) in [6, 6.07) is 13.7. The molecule has 5 heteroatoms. The van der Waals surface area contributed by atoms with Gasteiger partial charge in [0.2, 0.25) is 0 Å². The summed E-state index contributed by atoms with van der Waals surface area (Å²) in [6.07, 6.45) is 0.263. The highest BCUT2D eigenvalue weighted by Crippen LogP contribution is 2.25. The molecule has 1 N–H and O–H groups in total. The Bertz CT molecular complexity index is 784. The van der Waals surface area contributed by atoms with Crippen LogP contribution < -0.4 is 0 Å². The van der Waals surface area contributed by atoms with Crippen molar-refractivity contribution in [1.29, 1.82) is 0 Å². The van der Waals surface area contributed by atoms with Crippen LogP contribution in [0.2, 0.25) is 0 Å². The van der Waals surface area contributed by atoms with Gasteiger partial charge in [-0.2, -0.15) is 0 Å². The van der Waals surface area contributed by atoms with Crippen LogP contribution in [0.25, 0.3) is 10.8 Å². The first-order valence-corrected chi connectivity index (χ1v) is 7.98. The number of carboxylic acids is 1. The van der Waals surface area contributed by atoms with Gasteiger partial charge in [0.25, 0.3) is 0 Å². The third-order valence-corrected chi connectivity index (χ3v) is 4.39. The third kappa shape index (κ3) is 3.32. The maximum absolute atomic E-state index is 11.8. The molecule has 0 aliphatic carbocycles. The Morgan fingerprint density at radius 1 is 1.17 bits per heavy atom. The standard InChI is InChI=1S/C19H19NO4/c21-13-18(20-8-10-24-11-9-20)17(19(22)23)12-15-6-3-5-14-4-1-2-7-16(14)15/h1-7,17H,8-12H2,(H,22,23)/t17-/m1/s1. The van der Waals surface area contributed by atoms with Crippen molar-refractivity contribution in [3.8, 4) is 0 Å². The molecule has 2 aromatic carbocycles. The predicted molar refractivity (Wildman–Crippen MR) is 90.4 cm³/mol. The molecule has 5 nitrogen and oxygen atoms in total. The number of carboxylic acid groups (broad SMARTS) is 1. The molecule has 1 atom stereocenters. The van der Waals surface area contributed by atoms with E-state index in [1.54, 1.807) is 4.90 Å². The van der Waals surface area contributed by atoms with Gasteiger partial charge in [-0.1, -0.05) is 42.5 Å². The van der Waals surface area contributed by atoms with Crippen LogP contribution >= 0.6 is 0 Å². The predicted octanol–water partition coefficient (Wildman–Crippen LogP) is 2.13. The Hall–Kier alpha value is -2.62. The van der Waals surface area contributed by atoms with Gasteiger partial charge in [0, 0.05) is 13.1 Å². The first kappa shape index (κ1) is 16.2. The second kappa shape index (κ2) is 7.30. The molecule has 0 spiro atoms. The summed E-state index contributed by atoms with van der Waals surface area (Å²) >= 11 is 0. The fraction of sp³-hybridized carbons (Fsp3) is 0.316. The van der Waals surface area contributed by atoms with E-state index < -0.39 is 11.9 Å². The van der Waals surface area contributed by atoms with Crippen LogP contribution in [0.1, 0.15) is 5.56 Å². The number of nitrogens with zero attached hydrogens (tertiary/aromatic N) is 1. The van der Waals surface area contributed by atoms with Crippen molar-refractivity contribution in [2.75, 3.05) is 26.3 Å². The monoisotopic (exact) mass is 325 g/mol. The minimum absolute atomic E-state index is 0.207. The number of benzene rings is 2. The number of hydrogen-bond acceptors (Lipinski definition) is 4. The number of carbonyl (C=O) groups is 1. The Balaban J connectivity index is 1.93. The fourth-order valence-electron chi connectivity index (χ4n) is 3.15. The highest BCUT2D eigenvalue weighted by Gasteiger charge is 2.29.